The fraction of sp³-hybridized carbons (Fsp3) is 0.667. The average Bonchev–Trinajstić information content (AvgIpc) is 2.53. The molecule has 1 aromatic carbocycles. The molecule has 21 heavy (non-hydrogen) atoms. The highest BCUT2D eigenvalue weighted by molar-refractivity contribution is 5.28. The predicted octanol–water partition coefficient (Wildman–Crippen LogP) is 3.91. The van der Waals surface area contributed by atoms with Crippen molar-refractivity contribution in [2.24, 2.45) is 0 Å². The summed E-state index contributed by atoms with van der Waals surface area (Å²) in [5.41, 5.74) is 1.27. The van der Waals surface area contributed by atoms with Gasteiger partial charge in [0.2, 0.25) is 0 Å². The lowest BCUT2D eigenvalue weighted by atomic mass is 9.98. The number of nitrogens with one attached hydrogen (secondary N) is 1. The van der Waals surface area contributed by atoms with Crippen molar-refractivity contribution in [2.45, 2.75) is 58.1 Å². The molecule has 1 saturated carbocycles. The summed E-state index contributed by atoms with van der Waals surface area (Å²) in [6.45, 7) is 5.48. The minimum Gasteiger partial charge on any atom is -0.491 e. The van der Waals surface area contributed by atoms with Gasteiger partial charge in [0, 0.05) is 6.54 Å². The van der Waals surface area contributed by atoms with Crippen LogP contribution in [0.15, 0.2) is 24.3 Å². The molecule has 0 amide bonds. The standard InChI is InChI=1S/C18H29NO2/c1-2-11-19-15-16-7-6-10-18(14-16)21-13-12-20-17-8-4-3-5-9-17/h6-7,10,14,17,19H,2-5,8-9,11-13,15H2,1H3. The van der Waals surface area contributed by atoms with Crippen LogP contribution in [-0.4, -0.2) is 25.9 Å². The highest BCUT2D eigenvalue weighted by Crippen LogP contribution is 2.20. The van der Waals surface area contributed by atoms with E-state index in [4.69, 9.17) is 9.47 Å². The molecule has 0 aliphatic heterocycles. The van der Waals surface area contributed by atoms with Gasteiger partial charge in [-0.25, -0.2) is 0 Å². The molecule has 0 unspecified atom stereocenters. The molecule has 0 saturated heterocycles. The van der Waals surface area contributed by atoms with E-state index in [1.807, 2.05) is 6.07 Å². The molecule has 3 heteroatoms. The van der Waals surface area contributed by atoms with Gasteiger partial charge in [0.1, 0.15) is 12.4 Å². The Balaban J connectivity index is 1.64. The fourth-order valence-electron chi connectivity index (χ4n) is 2.76. The maximum Gasteiger partial charge on any atom is 0.119 e. The summed E-state index contributed by atoms with van der Waals surface area (Å²) >= 11 is 0. The predicted molar refractivity (Wildman–Crippen MR) is 86.8 cm³/mol. The molecule has 0 spiro atoms. The molecule has 1 aliphatic carbocycles. The molecule has 0 bridgehead atoms. The van der Waals surface area contributed by atoms with Gasteiger partial charge < -0.3 is 14.8 Å². The molecular weight excluding hydrogens is 262 g/mol. The van der Waals surface area contributed by atoms with Gasteiger partial charge in [0.15, 0.2) is 0 Å². The monoisotopic (exact) mass is 291 g/mol. The van der Waals surface area contributed by atoms with E-state index in [1.165, 1.54) is 37.7 Å². The van der Waals surface area contributed by atoms with Crippen molar-refractivity contribution in [1.82, 2.24) is 5.32 Å². The van der Waals surface area contributed by atoms with E-state index in [9.17, 15) is 0 Å². The smallest absolute Gasteiger partial charge is 0.119 e. The van der Waals surface area contributed by atoms with E-state index >= 15 is 0 Å². The van der Waals surface area contributed by atoms with Gasteiger partial charge in [-0.15, -0.1) is 0 Å². The first-order valence-corrected chi connectivity index (χ1v) is 8.42. The third kappa shape index (κ3) is 6.49. The zero-order chi connectivity index (χ0) is 14.8. The molecule has 0 heterocycles. The molecule has 1 fully saturated rings. The lowest BCUT2D eigenvalue weighted by Gasteiger charge is -2.22. The molecule has 2 rings (SSSR count). The van der Waals surface area contributed by atoms with Crippen LogP contribution in [-0.2, 0) is 11.3 Å². The van der Waals surface area contributed by atoms with Gasteiger partial charge in [-0.2, -0.15) is 0 Å². The molecule has 0 atom stereocenters. The van der Waals surface area contributed by atoms with Gasteiger partial charge in [0.25, 0.3) is 0 Å². The van der Waals surface area contributed by atoms with E-state index in [-0.39, 0.29) is 0 Å². The van der Waals surface area contributed by atoms with Crippen molar-refractivity contribution >= 4 is 0 Å². The average molecular weight is 291 g/mol. The summed E-state index contributed by atoms with van der Waals surface area (Å²) in [5.74, 6) is 0.943. The second-order valence-corrected chi connectivity index (χ2v) is 5.80. The number of rotatable bonds is 9. The second-order valence-electron chi connectivity index (χ2n) is 5.80. The van der Waals surface area contributed by atoms with Gasteiger partial charge in [-0.05, 0) is 43.5 Å². The Bertz CT molecular complexity index is 389. The van der Waals surface area contributed by atoms with Crippen molar-refractivity contribution in [3.8, 4) is 5.75 Å². The lowest BCUT2D eigenvalue weighted by molar-refractivity contribution is 0.0129. The molecule has 0 aromatic heterocycles. The molecule has 1 aromatic rings. The maximum atomic E-state index is 5.88. The molecule has 118 valence electrons. The normalized spacial score (nSPS) is 16.0. The van der Waals surface area contributed by atoms with Crippen molar-refractivity contribution < 1.29 is 9.47 Å². The summed E-state index contributed by atoms with van der Waals surface area (Å²) in [4.78, 5) is 0. The van der Waals surface area contributed by atoms with Crippen LogP contribution in [0.5, 0.6) is 5.75 Å². The topological polar surface area (TPSA) is 30.5 Å². The van der Waals surface area contributed by atoms with Crippen molar-refractivity contribution in [3.63, 3.8) is 0 Å². The minimum atomic E-state index is 0.465. The van der Waals surface area contributed by atoms with Crippen LogP contribution in [0.1, 0.15) is 51.0 Å². The number of ether oxygens (including phenoxy) is 2. The van der Waals surface area contributed by atoms with Crippen molar-refractivity contribution in [1.29, 1.82) is 0 Å². The Morgan fingerprint density at radius 2 is 2.00 bits per heavy atom. The van der Waals surface area contributed by atoms with E-state index < -0.39 is 0 Å². The quantitative estimate of drug-likeness (QED) is 0.700. The number of hydrogen-bond acceptors (Lipinski definition) is 3. The Hall–Kier alpha value is -1.06. The fourth-order valence-corrected chi connectivity index (χ4v) is 2.76. The lowest BCUT2D eigenvalue weighted by Crippen LogP contribution is -2.19. The largest absolute Gasteiger partial charge is 0.491 e. The zero-order valence-electron chi connectivity index (χ0n) is 13.3. The Morgan fingerprint density at radius 3 is 2.81 bits per heavy atom. The molecular formula is C18H29NO2. The first-order valence-electron chi connectivity index (χ1n) is 8.42. The van der Waals surface area contributed by atoms with Crippen LogP contribution in [0.4, 0.5) is 0 Å². The van der Waals surface area contributed by atoms with E-state index in [2.05, 4.69) is 30.4 Å². The minimum absolute atomic E-state index is 0.465. The van der Waals surface area contributed by atoms with Crippen LogP contribution in [0.3, 0.4) is 0 Å². The number of hydrogen-bond donors (Lipinski definition) is 1. The molecule has 3 nitrogen and oxygen atoms in total. The first-order chi connectivity index (χ1) is 10.4. The third-order valence-electron chi connectivity index (χ3n) is 3.91. The first kappa shape index (κ1) is 16.3. The van der Waals surface area contributed by atoms with Crippen molar-refractivity contribution in [2.75, 3.05) is 19.8 Å². The molecule has 1 N–H and O–H groups in total. The van der Waals surface area contributed by atoms with Crippen LogP contribution in [0.2, 0.25) is 0 Å². The van der Waals surface area contributed by atoms with Gasteiger partial charge in [-0.1, -0.05) is 38.3 Å². The summed E-state index contributed by atoms with van der Waals surface area (Å²) in [5, 5.41) is 3.41. The SMILES string of the molecule is CCCNCc1cccc(OCCOC2CCCCC2)c1. The van der Waals surface area contributed by atoms with Crippen LogP contribution < -0.4 is 10.1 Å². The zero-order valence-corrected chi connectivity index (χ0v) is 13.3. The summed E-state index contributed by atoms with van der Waals surface area (Å²) in [6, 6.07) is 8.32. The Kier molecular flexibility index (Phi) is 7.61. The number of benzene rings is 1. The van der Waals surface area contributed by atoms with Gasteiger partial charge in [-0.3, -0.25) is 0 Å². The maximum absolute atomic E-state index is 5.88. The summed E-state index contributed by atoms with van der Waals surface area (Å²) < 4.78 is 11.7. The third-order valence-corrected chi connectivity index (χ3v) is 3.91. The highest BCUT2D eigenvalue weighted by atomic mass is 16.5. The van der Waals surface area contributed by atoms with E-state index in [0.29, 0.717) is 19.3 Å². The molecule has 1 aliphatic rings. The Labute approximate surface area is 129 Å². The Morgan fingerprint density at radius 1 is 1.14 bits per heavy atom. The second kappa shape index (κ2) is 9.80. The summed E-state index contributed by atoms with van der Waals surface area (Å²) in [7, 11) is 0. The van der Waals surface area contributed by atoms with Gasteiger partial charge in [0.05, 0.1) is 12.7 Å². The van der Waals surface area contributed by atoms with Crippen LogP contribution in [0, 0.1) is 0 Å². The molecule has 0 radical (unpaired) electrons. The summed E-state index contributed by atoms with van der Waals surface area (Å²) in [6.07, 6.45) is 8.07. The van der Waals surface area contributed by atoms with Crippen LogP contribution >= 0.6 is 0 Å². The van der Waals surface area contributed by atoms with E-state index in [0.717, 1.165) is 25.3 Å². The van der Waals surface area contributed by atoms with Crippen molar-refractivity contribution in [3.05, 3.63) is 29.8 Å². The highest BCUT2D eigenvalue weighted by Gasteiger charge is 2.13. The van der Waals surface area contributed by atoms with E-state index in [1.54, 1.807) is 0 Å². The van der Waals surface area contributed by atoms with Crippen LogP contribution in [0.25, 0.3) is 0 Å². The van der Waals surface area contributed by atoms with Gasteiger partial charge >= 0.3 is 0 Å².